The van der Waals surface area contributed by atoms with Gasteiger partial charge in [0.1, 0.15) is 0 Å². The van der Waals surface area contributed by atoms with E-state index >= 15 is 0 Å². The molecule has 1 nitrogen and oxygen atoms in total. The van der Waals surface area contributed by atoms with Gasteiger partial charge in [0.05, 0.1) is 11.1 Å². The lowest BCUT2D eigenvalue weighted by Gasteiger charge is -2.06. The molecule has 0 aromatic heterocycles. The summed E-state index contributed by atoms with van der Waals surface area (Å²) < 4.78 is 31.0. The first-order valence-electron chi connectivity index (χ1n) is 3.49. The van der Waals surface area contributed by atoms with E-state index in [2.05, 4.69) is 31.9 Å². The van der Waals surface area contributed by atoms with Gasteiger partial charge in [-0.05, 0) is 28.1 Å². The van der Waals surface area contributed by atoms with Crippen molar-refractivity contribution < 1.29 is 13.5 Å². The van der Waals surface area contributed by atoms with Gasteiger partial charge in [-0.3, -0.25) is 0 Å². The summed E-state index contributed by atoms with van der Waals surface area (Å²) in [6.07, 6.45) is 0. The molecule has 0 heterocycles. The van der Waals surface area contributed by atoms with E-state index in [1.165, 1.54) is 12.1 Å². The second-order valence-corrected chi connectivity index (χ2v) is 3.86. The highest BCUT2D eigenvalue weighted by Crippen LogP contribution is 2.25. The van der Waals surface area contributed by atoms with Crippen LogP contribution in [0.15, 0.2) is 16.6 Å². The largest absolute Gasteiger partial charge is 0.490 e. The molecule has 13 heavy (non-hydrogen) atoms. The molecule has 0 bridgehead atoms. The maximum atomic E-state index is 13.0. The van der Waals surface area contributed by atoms with E-state index in [0.29, 0.717) is 11.9 Å². The van der Waals surface area contributed by atoms with Crippen LogP contribution in [-0.4, -0.2) is 11.9 Å². The molecule has 0 spiro atoms. The molecule has 0 aliphatic carbocycles. The van der Waals surface area contributed by atoms with Crippen molar-refractivity contribution in [3.05, 3.63) is 28.2 Å². The number of rotatable bonds is 3. The zero-order chi connectivity index (χ0) is 9.84. The molecule has 0 saturated carbocycles. The summed E-state index contributed by atoms with van der Waals surface area (Å²) in [4.78, 5) is 0. The van der Waals surface area contributed by atoms with E-state index < -0.39 is 11.6 Å². The number of halogens is 4. The van der Waals surface area contributed by atoms with Crippen molar-refractivity contribution in [2.45, 2.75) is 0 Å². The smallest absolute Gasteiger partial charge is 0.201 e. The van der Waals surface area contributed by atoms with Gasteiger partial charge in [-0.1, -0.05) is 15.9 Å². The normalized spacial score (nSPS) is 10.2. The second-order valence-electron chi connectivity index (χ2n) is 2.21. The van der Waals surface area contributed by atoms with Crippen LogP contribution in [0.5, 0.6) is 5.75 Å². The van der Waals surface area contributed by atoms with Gasteiger partial charge in [-0.25, -0.2) is 4.39 Å². The lowest BCUT2D eigenvalue weighted by molar-refractivity contribution is 0.317. The third-order valence-electron chi connectivity index (χ3n) is 1.33. The van der Waals surface area contributed by atoms with Crippen LogP contribution >= 0.6 is 31.9 Å². The summed E-state index contributed by atoms with van der Waals surface area (Å²) in [5.74, 6) is -1.96. The fraction of sp³-hybridized carbons (Fsp3) is 0.250. The molecule has 1 aromatic rings. The maximum Gasteiger partial charge on any atom is 0.201 e. The van der Waals surface area contributed by atoms with E-state index in [-0.39, 0.29) is 10.2 Å². The van der Waals surface area contributed by atoms with Gasteiger partial charge in [0, 0.05) is 5.33 Å². The molecule has 0 fully saturated rings. The maximum absolute atomic E-state index is 13.0. The average Bonchev–Trinajstić information content (AvgIpc) is 2.13. The molecule has 0 unspecified atom stereocenters. The first-order valence-corrected chi connectivity index (χ1v) is 5.40. The summed E-state index contributed by atoms with van der Waals surface area (Å²) in [7, 11) is 0. The molecular weight excluding hydrogens is 310 g/mol. The Labute approximate surface area is 91.3 Å². The second kappa shape index (κ2) is 4.91. The number of benzene rings is 1. The highest BCUT2D eigenvalue weighted by molar-refractivity contribution is 9.10. The third kappa shape index (κ3) is 2.64. The Bertz CT molecular complexity index is 304. The lowest BCUT2D eigenvalue weighted by Crippen LogP contribution is -2.01. The molecule has 0 aliphatic rings. The van der Waals surface area contributed by atoms with Gasteiger partial charge in [0.15, 0.2) is 11.6 Å². The molecule has 0 saturated heterocycles. The highest BCUT2D eigenvalue weighted by Gasteiger charge is 2.12. The molecule has 0 atom stereocenters. The zero-order valence-electron chi connectivity index (χ0n) is 6.49. The number of hydrogen-bond acceptors (Lipinski definition) is 1. The quantitative estimate of drug-likeness (QED) is 0.613. The molecule has 0 N–H and O–H groups in total. The van der Waals surface area contributed by atoms with Crippen LogP contribution in [0.25, 0.3) is 0 Å². The molecule has 72 valence electrons. The van der Waals surface area contributed by atoms with Gasteiger partial charge in [0.25, 0.3) is 0 Å². The van der Waals surface area contributed by atoms with E-state index in [4.69, 9.17) is 4.74 Å². The first-order chi connectivity index (χ1) is 6.16. The van der Waals surface area contributed by atoms with E-state index in [9.17, 15) is 8.78 Å². The fourth-order valence-electron chi connectivity index (χ4n) is 0.768. The molecule has 1 aromatic carbocycles. The topological polar surface area (TPSA) is 9.23 Å². The molecule has 1 rings (SSSR count). The van der Waals surface area contributed by atoms with Crippen LogP contribution in [0.3, 0.4) is 0 Å². The molecule has 0 radical (unpaired) electrons. The number of hydrogen-bond donors (Lipinski definition) is 0. The minimum absolute atomic E-state index is 0.0693. The summed E-state index contributed by atoms with van der Waals surface area (Å²) in [6, 6.07) is 2.78. The average molecular weight is 316 g/mol. The van der Waals surface area contributed by atoms with Gasteiger partial charge in [0.2, 0.25) is 5.82 Å². The van der Waals surface area contributed by atoms with Crippen LogP contribution in [0.1, 0.15) is 0 Å². The fourth-order valence-corrected chi connectivity index (χ4v) is 1.24. The van der Waals surface area contributed by atoms with Crippen LogP contribution in [0, 0.1) is 11.6 Å². The predicted octanol–water partition coefficient (Wildman–Crippen LogP) is 3.50. The summed E-state index contributed by atoms with van der Waals surface area (Å²) >= 11 is 5.98. The highest BCUT2D eigenvalue weighted by atomic mass is 79.9. The van der Waals surface area contributed by atoms with Crippen molar-refractivity contribution >= 4 is 31.9 Å². The zero-order valence-corrected chi connectivity index (χ0v) is 9.66. The molecule has 0 amide bonds. The predicted molar refractivity (Wildman–Crippen MR) is 53.3 cm³/mol. The van der Waals surface area contributed by atoms with Crippen LogP contribution in [0.2, 0.25) is 0 Å². The minimum atomic E-state index is -0.963. The Morgan fingerprint density at radius 3 is 2.54 bits per heavy atom. The standard InChI is InChI=1S/C8H6Br2F2O/c9-3-4-13-6-2-1-5(10)7(11)8(6)12/h1-2H,3-4H2. The van der Waals surface area contributed by atoms with Gasteiger partial charge in [-0.2, -0.15) is 4.39 Å². The molecular formula is C8H6Br2F2O. The first kappa shape index (κ1) is 10.9. The monoisotopic (exact) mass is 314 g/mol. The lowest BCUT2D eigenvalue weighted by atomic mass is 10.3. The van der Waals surface area contributed by atoms with Crippen molar-refractivity contribution in [1.29, 1.82) is 0 Å². The van der Waals surface area contributed by atoms with Crippen LogP contribution < -0.4 is 4.74 Å². The van der Waals surface area contributed by atoms with Crippen LogP contribution in [-0.2, 0) is 0 Å². The minimum Gasteiger partial charge on any atom is -0.490 e. The number of ether oxygens (including phenoxy) is 1. The Hall–Kier alpha value is -0.160. The van der Waals surface area contributed by atoms with Crippen LogP contribution in [0.4, 0.5) is 8.78 Å². The Morgan fingerprint density at radius 1 is 1.23 bits per heavy atom. The molecule has 5 heteroatoms. The van der Waals surface area contributed by atoms with Gasteiger partial charge in [-0.15, -0.1) is 0 Å². The molecule has 0 aliphatic heterocycles. The SMILES string of the molecule is Fc1c(Br)ccc(OCCBr)c1F. The summed E-state index contributed by atoms with van der Waals surface area (Å²) in [5.41, 5.74) is 0. The van der Waals surface area contributed by atoms with Crippen molar-refractivity contribution in [3.63, 3.8) is 0 Å². The summed E-state index contributed by atoms with van der Waals surface area (Å²) in [6.45, 7) is 0.304. The third-order valence-corrected chi connectivity index (χ3v) is 2.27. The summed E-state index contributed by atoms with van der Waals surface area (Å²) in [5, 5.41) is 0.574. The van der Waals surface area contributed by atoms with Gasteiger partial charge >= 0.3 is 0 Å². The van der Waals surface area contributed by atoms with E-state index in [1.54, 1.807) is 0 Å². The van der Waals surface area contributed by atoms with Gasteiger partial charge < -0.3 is 4.74 Å². The number of alkyl halides is 1. The van der Waals surface area contributed by atoms with E-state index in [0.717, 1.165) is 0 Å². The Balaban J connectivity index is 2.90. The van der Waals surface area contributed by atoms with Crippen molar-refractivity contribution in [3.8, 4) is 5.75 Å². The van der Waals surface area contributed by atoms with Crippen molar-refractivity contribution in [1.82, 2.24) is 0 Å². The Morgan fingerprint density at radius 2 is 1.92 bits per heavy atom. The van der Waals surface area contributed by atoms with E-state index in [1.807, 2.05) is 0 Å². The van der Waals surface area contributed by atoms with Crippen molar-refractivity contribution in [2.24, 2.45) is 0 Å². The Kier molecular flexibility index (Phi) is 4.12. The van der Waals surface area contributed by atoms with Crippen molar-refractivity contribution in [2.75, 3.05) is 11.9 Å².